The molecule has 0 radical (unpaired) electrons. The number of hydrogen-bond acceptors (Lipinski definition) is 3. The smallest absolute Gasteiger partial charge is 0.141 e. The Morgan fingerprint density at radius 2 is 2.22 bits per heavy atom. The van der Waals surface area contributed by atoms with Crippen LogP contribution in [0.4, 0.5) is 10.2 Å². The predicted octanol–water partition coefficient (Wildman–Crippen LogP) is 0.528. The van der Waals surface area contributed by atoms with E-state index in [4.69, 9.17) is 5.73 Å². The number of anilines is 1. The molecular weight excluding hydrogens is 121 g/mol. The summed E-state index contributed by atoms with van der Waals surface area (Å²) in [5.74, 6) is 0.312. The van der Waals surface area contributed by atoms with E-state index in [0.29, 0.717) is 11.5 Å². The Morgan fingerprint density at radius 1 is 1.44 bits per heavy atom. The summed E-state index contributed by atoms with van der Waals surface area (Å²) in [7, 11) is 0. The van der Waals surface area contributed by atoms with Crippen LogP contribution in [-0.2, 0) is 6.67 Å². The van der Waals surface area contributed by atoms with Crippen LogP contribution in [0.1, 0.15) is 5.69 Å². The molecule has 2 N–H and O–H groups in total. The van der Waals surface area contributed by atoms with Gasteiger partial charge >= 0.3 is 0 Å². The molecule has 48 valence electrons. The second kappa shape index (κ2) is 2.39. The van der Waals surface area contributed by atoms with Crippen molar-refractivity contribution >= 4 is 5.82 Å². The van der Waals surface area contributed by atoms with Gasteiger partial charge in [-0.3, -0.25) is 4.98 Å². The van der Waals surface area contributed by atoms with E-state index in [0.717, 1.165) is 0 Å². The van der Waals surface area contributed by atoms with Crippen molar-refractivity contribution in [3.8, 4) is 0 Å². The van der Waals surface area contributed by atoms with Gasteiger partial charge in [0.25, 0.3) is 0 Å². The first-order valence-electron chi connectivity index (χ1n) is 2.45. The molecule has 1 aromatic rings. The lowest BCUT2D eigenvalue weighted by molar-refractivity contribution is 0.475. The van der Waals surface area contributed by atoms with Gasteiger partial charge in [-0.1, -0.05) is 0 Å². The molecule has 0 aliphatic rings. The lowest BCUT2D eigenvalue weighted by Crippen LogP contribution is -1.93. The normalized spacial score (nSPS) is 9.44. The van der Waals surface area contributed by atoms with Gasteiger partial charge in [0.15, 0.2) is 0 Å². The van der Waals surface area contributed by atoms with E-state index in [9.17, 15) is 4.39 Å². The lowest BCUT2D eigenvalue weighted by atomic mass is 10.5. The molecule has 0 aliphatic heterocycles. The summed E-state index contributed by atoms with van der Waals surface area (Å²) >= 11 is 0. The number of aromatic nitrogens is 2. The number of rotatable bonds is 1. The van der Waals surface area contributed by atoms with Gasteiger partial charge in [-0.2, -0.15) is 0 Å². The molecule has 0 atom stereocenters. The molecule has 0 amide bonds. The summed E-state index contributed by atoms with van der Waals surface area (Å²) in [5.41, 5.74) is 5.49. The summed E-state index contributed by atoms with van der Waals surface area (Å²) < 4.78 is 11.7. The Hall–Kier alpha value is -1.19. The Kier molecular flexibility index (Phi) is 1.58. The highest BCUT2D eigenvalue weighted by molar-refractivity contribution is 5.22. The summed E-state index contributed by atoms with van der Waals surface area (Å²) in [5, 5.41) is 0. The quantitative estimate of drug-likeness (QED) is 0.598. The molecule has 4 heteroatoms. The van der Waals surface area contributed by atoms with Crippen LogP contribution in [0.5, 0.6) is 0 Å². The van der Waals surface area contributed by atoms with E-state index in [-0.39, 0.29) is 0 Å². The van der Waals surface area contributed by atoms with E-state index >= 15 is 0 Å². The van der Waals surface area contributed by atoms with Gasteiger partial charge < -0.3 is 5.73 Å². The number of nitrogens with zero attached hydrogens (tertiary/aromatic N) is 2. The molecule has 3 nitrogen and oxygen atoms in total. The van der Waals surface area contributed by atoms with E-state index in [1.807, 2.05) is 0 Å². The van der Waals surface area contributed by atoms with E-state index in [2.05, 4.69) is 9.97 Å². The minimum Gasteiger partial charge on any atom is -0.382 e. The zero-order valence-corrected chi connectivity index (χ0v) is 4.71. The van der Waals surface area contributed by atoms with Crippen molar-refractivity contribution in [2.75, 3.05) is 5.73 Å². The molecular formula is C5H6FN3. The average Bonchev–Trinajstić information content (AvgIpc) is 1.90. The zero-order chi connectivity index (χ0) is 6.69. The van der Waals surface area contributed by atoms with E-state index < -0.39 is 6.67 Å². The third-order valence-electron chi connectivity index (χ3n) is 0.862. The first-order chi connectivity index (χ1) is 4.33. The van der Waals surface area contributed by atoms with Crippen LogP contribution in [0.15, 0.2) is 12.4 Å². The SMILES string of the molecule is Nc1cnc(CF)cn1. The number of halogens is 1. The summed E-state index contributed by atoms with van der Waals surface area (Å²) in [6, 6.07) is 0. The van der Waals surface area contributed by atoms with E-state index in [1.165, 1.54) is 12.4 Å². The van der Waals surface area contributed by atoms with Crippen molar-refractivity contribution in [3.63, 3.8) is 0 Å². The minimum atomic E-state index is -0.590. The maximum absolute atomic E-state index is 11.7. The third kappa shape index (κ3) is 1.35. The van der Waals surface area contributed by atoms with Crippen molar-refractivity contribution in [2.24, 2.45) is 0 Å². The first kappa shape index (κ1) is 5.94. The molecule has 0 fully saturated rings. The molecule has 0 aromatic carbocycles. The van der Waals surface area contributed by atoms with Gasteiger partial charge in [0.05, 0.1) is 18.1 Å². The Labute approximate surface area is 51.7 Å². The standard InChI is InChI=1S/C5H6FN3/c6-1-4-2-9-5(7)3-8-4/h2-3H,1H2,(H2,7,9). The highest BCUT2D eigenvalue weighted by Crippen LogP contribution is 1.96. The van der Waals surface area contributed by atoms with Crippen LogP contribution < -0.4 is 5.73 Å². The van der Waals surface area contributed by atoms with Gasteiger partial charge in [-0.25, -0.2) is 9.37 Å². The van der Waals surface area contributed by atoms with Crippen molar-refractivity contribution in [3.05, 3.63) is 18.1 Å². The molecule has 1 rings (SSSR count). The molecule has 9 heavy (non-hydrogen) atoms. The second-order valence-electron chi connectivity index (χ2n) is 1.57. The fraction of sp³-hybridized carbons (Fsp3) is 0.200. The first-order valence-corrected chi connectivity index (χ1v) is 2.45. The fourth-order valence-electron chi connectivity index (χ4n) is 0.434. The third-order valence-corrected chi connectivity index (χ3v) is 0.862. The number of hydrogen-bond donors (Lipinski definition) is 1. The fourth-order valence-corrected chi connectivity index (χ4v) is 0.434. The van der Waals surface area contributed by atoms with Crippen molar-refractivity contribution in [2.45, 2.75) is 6.67 Å². The maximum atomic E-state index is 11.7. The summed E-state index contributed by atoms with van der Waals surface area (Å²) in [6.07, 6.45) is 2.64. The van der Waals surface area contributed by atoms with Crippen LogP contribution in [0.2, 0.25) is 0 Å². The molecule has 1 heterocycles. The van der Waals surface area contributed by atoms with Crippen molar-refractivity contribution in [1.82, 2.24) is 9.97 Å². The number of nitrogens with two attached hydrogens (primary N) is 1. The Bertz CT molecular complexity index is 184. The predicted molar refractivity (Wildman–Crippen MR) is 31.3 cm³/mol. The Balaban J connectivity index is 2.88. The van der Waals surface area contributed by atoms with Gasteiger partial charge in [-0.15, -0.1) is 0 Å². The van der Waals surface area contributed by atoms with E-state index in [1.54, 1.807) is 0 Å². The Morgan fingerprint density at radius 3 is 2.67 bits per heavy atom. The van der Waals surface area contributed by atoms with Crippen molar-refractivity contribution < 1.29 is 4.39 Å². The van der Waals surface area contributed by atoms with Crippen LogP contribution >= 0.6 is 0 Å². The van der Waals surface area contributed by atoms with Gasteiger partial charge in [0.2, 0.25) is 0 Å². The van der Waals surface area contributed by atoms with Crippen LogP contribution in [0.25, 0.3) is 0 Å². The molecule has 1 aromatic heterocycles. The topological polar surface area (TPSA) is 51.8 Å². The number of alkyl halides is 1. The monoisotopic (exact) mass is 127 g/mol. The van der Waals surface area contributed by atoms with Crippen LogP contribution in [0.3, 0.4) is 0 Å². The second-order valence-corrected chi connectivity index (χ2v) is 1.57. The molecule has 0 saturated carbocycles. The largest absolute Gasteiger partial charge is 0.382 e. The molecule has 0 unspecified atom stereocenters. The van der Waals surface area contributed by atoms with Crippen molar-refractivity contribution in [1.29, 1.82) is 0 Å². The van der Waals surface area contributed by atoms with Crippen LogP contribution in [-0.4, -0.2) is 9.97 Å². The molecule has 0 aliphatic carbocycles. The maximum Gasteiger partial charge on any atom is 0.141 e. The highest BCUT2D eigenvalue weighted by Gasteiger charge is 1.90. The average molecular weight is 127 g/mol. The number of nitrogen functional groups attached to an aromatic ring is 1. The van der Waals surface area contributed by atoms with Crippen LogP contribution in [0, 0.1) is 0 Å². The molecule has 0 spiro atoms. The van der Waals surface area contributed by atoms with Gasteiger partial charge in [-0.05, 0) is 0 Å². The lowest BCUT2D eigenvalue weighted by Gasteiger charge is -1.91. The highest BCUT2D eigenvalue weighted by atomic mass is 19.1. The summed E-state index contributed by atoms with van der Waals surface area (Å²) in [6.45, 7) is -0.590. The van der Waals surface area contributed by atoms with Gasteiger partial charge in [0, 0.05) is 0 Å². The minimum absolute atomic E-state index is 0.309. The zero-order valence-electron chi connectivity index (χ0n) is 4.71. The summed E-state index contributed by atoms with van der Waals surface area (Å²) in [4.78, 5) is 7.26. The molecule has 0 bridgehead atoms. The van der Waals surface area contributed by atoms with Gasteiger partial charge in [0.1, 0.15) is 12.5 Å². The molecule has 0 saturated heterocycles.